The Bertz CT molecular complexity index is 441. The highest BCUT2D eigenvalue weighted by Crippen LogP contribution is 2.33. The molecule has 0 unspecified atom stereocenters. The van der Waals surface area contributed by atoms with E-state index in [0.717, 1.165) is 35.6 Å². The van der Waals surface area contributed by atoms with Gasteiger partial charge in [-0.2, -0.15) is 0 Å². The Labute approximate surface area is 130 Å². The van der Waals surface area contributed by atoms with Crippen molar-refractivity contribution in [1.29, 1.82) is 0 Å². The van der Waals surface area contributed by atoms with Crippen LogP contribution in [-0.4, -0.2) is 41.0 Å². The number of likely N-dealkylation sites (N-methyl/N-ethyl adjacent to an activating group) is 1. The molecule has 0 radical (unpaired) electrons. The first-order chi connectivity index (χ1) is 9.55. The number of nitrogens with zero attached hydrogens (tertiary/aromatic N) is 3. The van der Waals surface area contributed by atoms with Gasteiger partial charge in [0.25, 0.3) is 0 Å². The average Bonchev–Trinajstić information content (AvgIpc) is 2.86. The average molecular weight is 341 g/mol. The van der Waals surface area contributed by atoms with Gasteiger partial charge in [-0.15, -0.1) is 0 Å². The van der Waals surface area contributed by atoms with E-state index in [9.17, 15) is 0 Å². The predicted octanol–water partition coefficient (Wildman–Crippen LogP) is 3.48. The smallest absolute Gasteiger partial charge is 0.132 e. The van der Waals surface area contributed by atoms with Crippen LogP contribution in [0, 0.1) is 0 Å². The molecule has 0 aromatic carbocycles. The van der Waals surface area contributed by atoms with Crippen LogP contribution in [0.3, 0.4) is 0 Å². The van der Waals surface area contributed by atoms with Gasteiger partial charge in [-0.25, -0.2) is 9.97 Å². The predicted molar refractivity (Wildman–Crippen MR) is 87.1 cm³/mol. The molecular formula is C15H25BrN4. The highest BCUT2D eigenvalue weighted by molar-refractivity contribution is 9.10. The van der Waals surface area contributed by atoms with Gasteiger partial charge in [-0.05, 0) is 49.3 Å². The first-order valence-corrected chi connectivity index (χ1v) is 8.30. The van der Waals surface area contributed by atoms with Crippen molar-refractivity contribution in [1.82, 2.24) is 14.9 Å². The van der Waals surface area contributed by atoms with Crippen molar-refractivity contribution in [3.05, 3.63) is 16.5 Å². The highest BCUT2D eigenvalue weighted by atomic mass is 79.9. The van der Waals surface area contributed by atoms with Gasteiger partial charge in [-0.3, -0.25) is 0 Å². The summed E-state index contributed by atoms with van der Waals surface area (Å²) in [5.41, 5.74) is 0.280. The molecule has 1 aromatic heterocycles. The molecule has 1 N–H and O–H groups in total. The quantitative estimate of drug-likeness (QED) is 0.805. The van der Waals surface area contributed by atoms with Crippen LogP contribution in [0.1, 0.15) is 44.9 Å². The molecule has 0 saturated heterocycles. The largest absolute Gasteiger partial charge is 0.368 e. The Morgan fingerprint density at radius 3 is 2.60 bits per heavy atom. The summed E-state index contributed by atoms with van der Waals surface area (Å²) in [6.07, 6.45) is 7.18. The summed E-state index contributed by atoms with van der Waals surface area (Å²) < 4.78 is 0.865. The topological polar surface area (TPSA) is 41.1 Å². The maximum atomic E-state index is 4.60. The molecule has 0 bridgehead atoms. The maximum Gasteiger partial charge on any atom is 0.132 e. The van der Waals surface area contributed by atoms with E-state index in [1.165, 1.54) is 25.7 Å². The molecule has 1 aliphatic rings. The third-order valence-corrected chi connectivity index (χ3v) is 4.70. The number of nitrogens with one attached hydrogen (secondary N) is 1. The van der Waals surface area contributed by atoms with Crippen LogP contribution >= 0.6 is 15.9 Å². The summed E-state index contributed by atoms with van der Waals surface area (Å²) in [5.74, 6) is 1.85. The summed E-state index contributed by atoms with van der Waals surface area (Å²) >= 11 is 3.48. The maximum absolute atomic E-state index is 4.60. The highest BCUT2D eigenvalue weighted by Gasteiger charge is 2.35. The first-order valence-electron chi connectivity index (χ1n) is 7.50. The van der Waals surface area contributed by atoms with Crippen LogP contribution in [-0.2, 0) is 6.42 Å². The molecule has 1 aromatic rings. The zero-order chi connectivity index (χ0) is 14.6. The Balaban J connectivity index is 2.06. The van der Waals surface area contributed by atoms with Gasteiger partial charge in [-0.1, -0.05) is 19.8 Å². The Morgan fingerprint density at radius 1 is 1.30 bits per heavy atom. The van der Waals surface area contributed by atoms with E-state index in [1.807, 2.05) is 6.07 Å². The van der Waals surface area contributed by atoms with Crippen LogP contribution in [0.4, 0.5) is 5.82 Å². The van der Waals surface area contributed by atoms with Gasteiger partial charge in [0.15, 0.2) is 0 Å². The lowest BCUT2D eigenvalue weighted by molar-refractivity contribution is 0.172. The zero-order valence-electron chi connectivity index (χ0n) is 12.7. The minimum Gasteiger partial charge on any atom is -0.368 e. The number of hydrogen-bond donors (Lipinski definition) is 1. The molecule has 0 atom stereocenters. The van der Waals surface area contributed by atoms with Crippen LogP contribution in [0.2, 0.25) is 0 Å². The number of aryl methyl sites for hydroxylation is 1. The van der Waals surface area contributed by atoms with E-state index < -0.39 is 0 Å². The number of rotatable bonds is 6. The second-order valence-corrected chi connectivity index (χ2v) is 6.73. The van der Waals surface area contributed by atoms with E-state index in [1.54, 1.807) is 0 Å². The van der Waals surface area contributed by atoms with Crippen LogP contribution in [0.25, 0.3) is 0 Å². The van der Waals surface area contributed by atoms with Crippen molar-refractivity contribution in [2.45, 2.75) is 51.0 Å². The lowest BCUT2D eigenvalue weighted by Crippen LogP contribution is -2.47. The van der Waals surface area contributed by atoms with Gasteiger partial charge < -0.3 is 10.2 Å². The first kappa shape index (κ1) is 15.7. The van der Waals surface area contributed by atoms with Gasteiger partial charge in [0.05, 0.1) is 0 Å². The van der Waals surface area contributed by atoms with Gasteiger partial charge in [0, 0.05) is 24.6 Å². The Morgan fingerprint density at radius 2 is 2.00 bits per heavy atom. The van der Waals surface area contributed by atoms with Crippen molar-refractivity contribution in [3.63, 3.8) is 0 Å². The van der Waals surface area contributed by atoms with E-state index in [-0.39, 0.29) is 5.54 Å². The fraction of sp³-hybridized carbons (Fsp3) is 0.733. The van der Waals surface area contributed by atoms with Crippen molar-refractivity contribution in [3.8, 4) is 0 Å². The molecule has 0 spiro atoms. The molecule has 20 heavy (non-hydrogen) atoms. The molecule has 2 rings (SSSR count). The Hall–Kier alpha value is -0.680. The van der Waals surface area contributed by atoms with Crippen molar-refractivity contribution in [2.24, 2.45) is 0 Å². The van der Waals surface area contributed by atoms with E-state index >= 15 is 0 Å². The van der Waals surface area contributed by atoms with Crippen LogP contribution in [0.15, 0.2) is 10.7 Å². The lowest BCUT2D eigenvalue weighted by atomic mass is 9.96. The molecule has 1 fully saturated rings. The van der Waals surface area contributed by atoms with Crippen molar-refractivity contribution >= 4 is 21.7 Å². The molecule has 112 valence electrons. The molecular weight excluding hydrogens is 316 g/mol. The second kappa shape index (κ2) is 6.85. The fourth-order valence-electron chi connectivity index (χ4n) is 2.96. The van der Waals surface area contributed by atoms with E-state index in [0.29, 0.717) is 0 Å². The number of anilines is 1. The number of aromatic nitrogens is 2. The van der Waals surface area contributed by atoms with Crippen molar-refractivity contribution < 1.29 is 0 Å². The second-order valence-electron chi connectivity index (χ2n) is 5.92. The third kappa shape index (κ3) is 3.70. The zero-order valence-corrected chi connectivity index (χ0v) is 14.3. The number of halogens is 1. The van der Waals surface area contributed by atoms with Gasteiger partial charge in [0.2, 0.25) is 0 Å². The molecule has 1 aliphatic carbocycles. The summed E-state index contributed by atoms with van der Waals surface area (Å²) in [6, 6.07) is 1.97. The van der Waals surface area contributed by atoms with E-state index in [2.05, 4.69) is 57.1 Å². The molecule has 4 nitrogen and oxygen atoms in total. The summed E-state index contributed by atoms with van der Waals surface area (Å²) in [4.78, 5) is 11.4. The van der Waals surface area contributed by atoms with Gasteiger partial charge >= 0.3 is 0 Å². The summed E-state index contributed by atoms with van der Waals surface area (Å²) in [6.45, 7) is 3.10. The third-order valence-electron chi connectivity index (χ3n) is 4.30. The monoisotopic (exact) mass is 340 g/mol. The number of hydrogen-bond acceptors (Lipinski definition) is 4. The molecule has 5 heteroatoms. The Kier molecular flexibility index (Phi) is 5.38. The SMILES string of the molecule is CCCc1nc(Br)cc(NCC2(N(C)C)CCCC2)n1. The fourth-order valence-corrected chi connectivity index (χ4v) is 3.38. The van der Waals surface area contributed by atoms with Crippen molar-refractivity contribution in [2.75, 3.05) is 26.0 Å². The van der Waals surface area contributed by atoms with Crippen LogP contribution in [0.5, 0.6) is 0 Å². The van der Waals surface area contributed by atoms with Crippen LogP contribution < -0.4 is 5.32 Å². The minimum absolute atomic E-state index is 0.280. The summed E-state index contributed by atoms with van der Waals surface area (Å²) in [7, 11) is 4.37. The molecule has 0 amide bonds. The standard InChI is InChI=1S/C15H25BrN4/c1-4-7-13-18-12(16)10-14(19-13)17-11-15(20(2)3)8-5-6-9-15/h10H,4-9,11H2,1-3H3,(H,17,18,19). The van der Waals surface area contributed by atoms with E-state index in [4.69, 9.17) is 0 Å². The lowest BCUT2D eigenvalue weighted by Gasteiger charge is -2.36. The molecule has 0 aliphatic heterocycles. The molecule has 1 heterocycles. The summed E-state index contributed by atoms with van der Waals surface area (Å²) in [5, 5.41) is 3.53. The normalized spacial score (nSPS) is 17.6. The minimum atomic E-state index is 0.280. The van der Waals surface area contributed by atoms with Gasteiger partial charge in [0.1, 0.15) is 16.2 Å². The molecule has 1 saturated carbocycles.